The molecule has 0 radical (unpaired) electrons. The number of amides is 2. The summed E-state index contributed by atoms with van der Waals surface area (Å²) in [4.78, 5) is 31.8. The fourth-order valence-electron chi connectivity index (χ4n) is 3.92. The summed E-state index contributed by atoms with van der Waals surface area (Å²) >= 11 is 0. The van der Waals surface area contributed by atoms with Gasteiger partial charge in [-0.3, -0.25) is 14.6 Å². The standard InChI is InChI=1S/C23H21F3N4O2/c1-13-10-16(11-14(2)27-13)21(31)28-19-8-9-29-15(3)12-30(22(32)20(19)29)18-6-4-17(5-7-18)23(24,25)26/h4-11,15H,12H2,1-3H3,(H,28,31)/t15-/m0/s1. The van der Waals surface area contributed by atoms with Gasteiger partial charge in [-0.15, -0.1) is 0 Å². The lowest BCUT2D eigenvalue weighted by Gasteiger charge is -2.33. The smallest absolute Gasteiger partial charge is 0.337 e. The van der Waals surface area contributed by atoms with Crippen LogP contribution >= 0.6 is 0 Å². The summed E-state index contributed by atoms with van der Waals surface area (Å²) in [5.41, 5.74) is 2.03. The molecule has 0 saturated carbocycles. The number of hydrogen-bond donors (Lipinski definition) is 1. The summed E-state index contributed by atoms with van der Waals surface area (Å²) in [6.45, 7) is 5.77. The molecular weight excluding hydrogens is 421 g/mol. The number of hydrogen-bond acceptors (Lipinski definition) is 3. The van der Waals surface area contributed by atoms with Crippen molar-refractivity contribution in [1.82, 2.24) is 9.55 Å². The third-order valence-electron chi connectivity index (χ3n) is 5.38. The quantitative estimate of drug-likeness (QED) is 0.621. The molecule has 0 aliphatic carbocycles. The number of rotatable bonds is 3. The number of anilines is 2. The maximum Gasteiger partial charge on any atom is 0.416 e. The summed E-state index contributed by atoms with van der Waals surface area (Å²) in [7, 11) is 0. The van der Waals surface area contributed by atoms with Crippen LogP contribution < -0.4 is 10.2 Å². The van der Waals surface area contributed by atoms with Crippen molar-refractivity contribution < 1.29 is 22.8 Å². The van der Waals surface area contributed by atoms with Gasteiger partial charge in [0.1, 0.15) is 5.69 Å². The van der Waals surface area contributed by atoms with Crippen LogP contribution in [0.2, 0.25) is 0 Å². The summed E-state index contributed by atoms with van der Waals surface area (Å²) in [5.74, 6) is -0.773. The predicted molar refractivity (Wildman–Crippen MR) is 114 cm³/mol. The Labute approximate surface area is 182 Å². The molecule has 1 atom stereocenters. The highest BCUT2D eigenvalue weighted by Gasteiger charge is 2.34. The maximum absolute atomic E-state index is 13.3. The van der Waals surface area contributed by atoms with Crippen molar-refractivity contribution in [3.63, 3.8) is 0 Å². The minimum atomic E-state index is -4.45. The van der Waals surface area contributed by atoms with E-state index in [1.165, 1.54) is 17.0 Å². The van der Waals surface area contributed by atoms with Crippen molar-refractivity contribution in [2.75, 3.05) is 16.8 Å². The summed E-state index contributed by atoms with van der Waals surface area (Å²) in [6.07, 6.45) is -2.73. The van der Waals surface area contributed by atoms with E-state index in [0.717, 1.165) is 12.1 Å². The molecule has 3 heterocycles. The number of carbonyl (C=O) groups excluding carboxylic acids is 2. The number of halogens is 3. The minimum absolute atomic E-state index is 0.138. The highest BCUT2D eigenvalue weighted by atomic mass is 19.4. The SMILES string of the molecule is Cc1cc(C(=O)Nc2ccn3c2C(=O)N(c2ccc(C(F)(F)F)cc2)C[C@@H]3C)cc(C)n1. The third kappa shape index (κ3) is 3.98. The normalized spacial score (nSPS) is 16.1. The zero-order chi connectivity index (χ0) is 23.2. The Morgan fingerprint density at radius 3 is 2.31 bits per heavy atom. The van der Waals surface area contributed by atoms with E-state index >= 15 is 0 Å². The highest BCUT2D eigenvalue weighted by molar-refractivity contribution is 6.13. The van der Waals surface area contributed by atoms with E-state index in [-0.39, 0.29) is 17.6 Å². The molecule has 6 nitrogen and oxygen atoms in total. The molecule has 1 aliphatic rings. The zero-order valence-electron chi connectivity index (χ0n) is 17.7. The number of fused-ring (bicyclic) bond motifs is 1. The van der Waals surface area contributed by atoms with Crippen LogP contribution in [0.3, 0.4) is 0 Å². The first-order valence-corrected chi connectivity index (χ1v) is 10.0. The largest absolute Gasteiger partial charge is 0.416 e. The number of benzene rings is 1. The van der Waals surface area contributed by atoms with E-state index in [2.05, 4.69) is 10.3 Å². The molecule has 0 spiro atoms. The Bertz CT molecular complexity index is 1180. The molecule has 9 heteroatoms. The van der Waals surface area contributed by atoms with E-state index in [9.17, 15) is 22.8 Å². The maximum atomic E-state index is 13.3. The number of nitrogens with one attached hydrogen (secondary N) is 1. The van der Waals surface area contributed by atoms with Crippen LogP contribution in [0.5, 0.6) is 0 Å². The van der Waals surface area contributed by atoms with Crippen molar-refractivity contribution in [1.29, 1.82) is 0 Å². The molecule has 1 aliphatic heterocycles. The van der Waals surface area contributed by atoms with Gasteiger partial charge in [0.15, 0.2) is 0 Å². The molecular formula is C23H21F3N4O2. The van der Waals surface area contributed by atoms with Gasteiger partial charge in [-0.1, -0.05) is 0 Å². The van der Waals surface area contributed by atoms with Crippen molar-refractivity contribution in [3.05, 3.63) is 76.9 Å². The molecule has 32 heavy (non-hydrogen) atoms. The third-order valence-corrected chi connectivity index (χ3v) is 5.38. The van der Waals surface area contributed by atoms with Crippen molar-refractivity contribution in [3.8, 4) is 0 Å². The molecule has 1 N–H and O–H groups in total. The molecule has 0 unspecified atom stereocenters. The molecule has 2 aromatic heterocycles. The van der Waals surface area contributed by atoms with Gasteiger partial charge in [-0.2, -0.15) is 13.2 Å². The lowest BCUT2D eigenvalue weighted by atomic mass is 10.1. The van der Waals surface area contributed by atoms with Gasteiger partial charge in [0, 0.05) is 41.4 Å². The van der Waals surface area contributed by atoms with Gasteiger partial charge < -0.3 is 14.8 Å². The average Bonchev–Trinajstić information content (AvgIpc) is 3.14. The Morgan fingerprint density at radius 1 is 1.09 bits per heavy atom. The van der Waals surface area contributed by atoms with E-state index in [0.29, 0.717) is 34.9 Å². The predicted octanol–water partition coefficient (Wildman–Crippen LogP) is 4.99. The van der Waals surface area contributed by atoms with E-state index in [4.69, 9.17) is 0 Å². The van der Waals surface area contributed by atoms with Gasteiger partial charge >= 0.3 is 6.18 Å². The first-order chi connectivity index (χ1) is 15.0. The number of aromatic nitrogens is 2. The number of pyridine rings is 1. The van der Waals surface area contributed by atoms with Gasteiger partial charge in [-0.05, 0) is 63.2 Å². The van der Waals surface area contributed by atoms with Crippen LogP contribution in [0.1, 0.15) is 50.8 Å². The molecule has 3 aromatic rings. The lowest BCUT2D eigenvalue weighted by molar-refractivity contribution is -0.137. The Balaban J connectivity index is 1.64. The highest BCUT2D eigenvalue weighted by Crippen LogP contribution is 2.34. The Kier molecular flexibility index (Phi) is 5.28. The van der Waals surface area contributed by atoms with Gasteiger partial charge in [0.2, 0.25) is 0 Å². The molecule has 2 amide bonds. The summed E-state index contributed by atoms with van der Waals surface area (Å²) in [5, 5.41) is 2.79. The van der Waals surface area contributed by atoms with Crippen LogP contribution in [0, 0.1) is 13.8 Å². The fraction of sp³-hybridized carbons (Fsp3) is 0.261. The second-order valence-corrected chi connectivity index (χ2v) is 7.89. The monoisotopic (exact) mass is 442 g/mol. The van der Waals surface area contributed by atoms with Gasteiger partial charge in [0.05, 0.1) is 11.3 Å². The van der Waals surface area contributed by atoms with E-state index in [1.807, 2.05) is 6.92 Å². The topological polar surface area (TPSA) is 67.2 Å². The van der Waals surface area contributed by atoms with Crippen molar-refractivity contribution in [2.45, 2.75) is 33.0 Å². The Hall–Kier alpha value is -3.62. The molecule has 166 valence electrons. The van der Waals surface area contributed by atoms with Gasteiger partial charge in [-0.25, -0.2) is 0 Å². The number of aryl methyl sites for hydroxylation is 2. The fourth-order valence-corrected chi connectivity index (χ4v) is 3.92. The number of alkyl halides is 3. The molecule has 0 fully saturated rings. The second kappa shape index (κ2) is 7.81. The van der Waals surface area contributed by atoms with Gasteiger partial charge in [0.25, 0.3) is 11.8 Å². The van der Waals surface area contributed by atoms with Crippen LogP contribution in [-0.4, -0.2) is 27.9 Å². The minimum Gasteiger partial charge on any atom is -0.337 e. The molecule has 0 bridgehead atoms. The van der Waals surface area contributed by atoms with Crippen LogP contribution in [-0.2, 0) is 6.18 Å². The molecule has 4 rings (SSSR count). The van der Waals surface area contributed by atoms with Crippen LogP contribution in [0.25, 0.3) is 0 Å². The number of carbonyl (C=O) groups is 2. The first kappa shape index (κ1) is 21.6. The van der Waals surface area contributed by atoms with E-state index in [1.54, 1.807) is 42.8 Å². The average molecular weight is 442 g/mol. The molecule has 0 saturated heterocycles. The Morgan fingerprint density at radius 2 is 1.72 bits per heavy atom. The van der Waals surface area contributed by atoms with E-state index < -0.39 is 17.6 Å². The van der Waals surface area contributed by atoms with Crippen molar-refractivity contribution >= 4 is 23.2 Å². The second-order valence-electron chi connectivity index (χ2n) is 7.89. The molecule has 1 aromatic carbocycles. The van der Waals surface area contributed by atoms with Crippen molar-refractivity contribution in [2.24, 2.45) is 0 Å². The summed E-state index contributed by atoms with van der Waals surface area (Å²) < 4.78 is 40.4. The summed E-state index contributed by atoms with van der Waals surface area (Å²) in [6, 6.07) is 9.31. The van der Waals surface area contributed by atoms with Crippen LogP contribution in [0.15, 0.2) is 48.7 Å². The first-order valence-electron chi connectivity index (χ1n) is 10.0. The lowest BCUT2D eigenvalue weighted by Crippen LogP contribution is -2.42. The zero-order valence-corrected chi connectivity index (χ0v) is 17.7. The number of nitrogens with zero attached hydrogens (tertiary/aromatic N) is 3. The van der Waals surface area contributed by atoms with Crippen LogP contribution in [0.4, 0.5) is 24.5 Å².